The van der Waals surface area contributed by atoms with Gasteiger partial charge < -0.3 is 4.74 Å². The molecule has 9 heteroatoms. The summed E-state index contributed by atoms with van der Waals surface area (Å²) < 4.78 is 61.5. The van der Waals surface area contributed by atoms with Crippen LogP contribution in [0.25, 0.3) is 0 Å². The Hall–Kier alpha value is -2.10. The molecular formula is C21H28N2O5S2. The van der Waals surface area contributed by atoms with Gasteiger partial charge in [-0.1, -0.05) is 30.5 Å². The van der Waals surface area contributed by atoms with Crippen molar-refractivity contribution in [2.45, 2.75) is 49.3 Å². The van der Waals surface area contributed by atoms with Crippen molar-refractivity contribution < 1.29 is 21.6 Å². The second-order valence-electron chi connectivity index (χ2n) is 7.55. The van der Waals surface area contributed by atoms with Crippen molar-refractivity contribution in [3.63, 3.8) is 0 Å². The van der Waals surface area contributed by atoms with Crippen LogP contribution >= 0.6 is 0 Å². The number of nitrogens with zero attached hydrogens (tertiary/aromatic N) is 1. The van der Waals surface area contributed by atoms with E-state index in [2.05, 4.69) is 4.72 Å². The average Bonchev–Trinajstić information content (AvgIpc) is 2.97. The molecule has 0 spiro atoms. The van der Waals surface area contributed by atoms with Crippen molar-refractivity contribution in [1.29, 1.82) is 0 Å². The molecule has 1 fully saturated rings. The van der Waals surface area contributed by atoms with Crippen LogP contribution in [0.1, 0.15) is 36.8 Å². The number of hydrogen-bond donors (Lipinski definition) is 1. The summed E-state index contributed by atoms with van der Waals surface area (Å²) in [5, 5.41) is 0. The Morgan fingerprint density at radius 3 is 2.17 bits per heavy atom. The summed E-state index contributed by atoms with van der Waals surface area (Å²) in [4.78, 5) is 0.180. The Morgan fingerprint density at radius 1 is 0.900 bits per heavy atom. The predicted molar refractivity (Wildman–Crippen MR) is 117 cm³/mol. The van der Waals surface area contributed by atoms with Gasteiger partial charge in [0.05, 0.1) is 22.6 Å². The molecule has 2 aromatic carbocycles. The Morgan fingerprint density at radius 2 is 1.57 bits per heavy atom. The largest absolute Gasteiger partial charge is 0.495 e. The third-order valence-corrected chi connectivity index (χ3v) is 8.66. The standard InChI is InChI=1S/C21H28N2O5S2/c1-16-8-11-21(17(2)14-16)29(24,25)22-19-15-18(9-10-20(19)28-3)30(26,27)23-12-6-4-5-7-13-23/h8-11,14-15,22H,4-7,12-13H2,1-3H3. The fraction of sp³-hybridized carbons (Fsp3) is 0.429. The van der Waals surface area contributed by atoms with E-state index in [0.29, 0.717) is 18.7 Å². The highest BCUT2D eigenvalue weighted by atomic mass is 32.2. The number of rotatable bonds is 6. The minimum absolute atomic E-state index is 0.0449. The van der Waals surface area contributed by atoms with E-state index >= 15 is 0 Å². The van der Waals surface area contributed by atoms with Gasteiger partial charge in [-0.3, -0.25) is 4.72 Å². The van der Waals surface area contributed by atoms with Gasteiger partial charge in [0, 0.05) is 13.1 Å². The van der Waals surface area contributed by atoms with Crippen molar-refractivity contribution in [2.24, 2.45) is 0 Å². The summed E-state index contributed by atoms with van der Waals surface area (Å²) >= 11 is 0. The molecule has 1 aliphatic heterocycles. The van der Waals surface area contributed by atoms with E-state index < -0.39 is 20.0 Å². The van der Waals surface area contributed by atoms with Gasteiger partial charge in [0.15, 0.2) is 0 Å². The van der Waals surface area contributed by atoms with Gasteiger partial charge in [-0.25, -0.2) is 16.8 Å². The first-order valence-electron chi connectivity index (χ1n) is 9.93. The Labute approximate surface area is 179 Å². The number of methoxy groups -OCH3 is 1. The summed E-state index contributed by atoms with van der Waals surface area (Å²) in [6.07, 6.45) is 3.66. The van der Waals surface area contributed by atoms with Crippen LogP contribution in [0.3, 0.4) is 0 Å². The monoisotopic (exact) mass is 452 g/mol. The smallest absolute Gasteiger partial charge is 0.262 e. The molecule has 1 heterocycles. The third-order valence-electron chi connectivity index (χ3n) is 5.24. The molecule has 0 bridgehead atoms. The quantitative estimate of drug-likeness (QED) is 0.722. The minimum Gasteiger partial charge on any atom is -0.495 e. The van der Waals surface area contributed by atoms with E-state index in [0.717, 1.165) is 31.2 Å². The fourth-order valence-corrected chi connectivity index (χ4v) is 6.49. The van der Waals surface area contributed by atoms with Gasteiger partial charge in [-0.2, -0.15) is 4.31 Å². The number of benzene rings is 2. The van der Waals surface area contributed by atoms with Gasteiger partial charge in [0.25, 0.3) is 10.0 Å². The van der Waals surface area contributed by atoms with E-state index in [4.69, 9.17) is 4.74 Å². The van der Waals surface area contributed by atoms with E-state index in [-0.39, 0.29) is 21.2 Å². The van der Waals surface area contributed by atoms with Crippen molar-refractivity contribution >= 4 is 25.7 Å². The molecule has 7 nitrogen and oxygen atoms in total. The second kappa shape index (κ2) is 8.95. The summed E-state index contributed by atoms with van der Waals surface area (Å²) in [5.41, 5.74) is 1.65. The van der Waals surface area contributed by atoms with Crippen molar-refractivity contribution in [3.05, 3.63) is 47.5 Å². The first-order chi connectivity index (χ1) is 14.1. The highest BCUT2D eigenvalue weighted by Crippen LogP contribution is 2.32. The van der Waals surface area contributed by atoms with Gasteiger partial charge >= 0.3 is 0 Å². The molecule has 30 heavy (non-hydrogen) atoms. The van der Waals surface area contributed by atoms with E-state index in [1.165, 1.54) is 35.7 Å². The lowest BCUT2D eigenvalue weighted by Crippen LogP contribution is -2.32. The predicted octanol–water partition coefficient (Wildman–Crippen LogP) is 3.68. The maximum atomic E-state index is 13.1. The molecule has 0 saturated carbocycles. The normalized spacial score (nSPS) is 16.1. The second-order valence-corrected chi connectivity index (χ2v) is 11.1. The van der Waals surface area contributed by atoms with Crippen LogP contribution in [0.2, 0.25) is 0 Å². The average molecular weight is 453 g/mol. The zero-order valence-corrected chi connectivity index (χ0v) is 19.1. The molecule has 0 aromatic heterocycles. The maximum Gasteiger partial charge on any atom is 0.262 e. The van der Waals surface area contributed by atoms with E-state index in [1.54, 1.807) is 19.1 Å². The molecule has 0 unspecified atom stereocenters. The first-order valence-corrected chi connectivity index (χ1v) is 12.9. The SMILES string of the molecule is COc1ccc(S(=O)(=O)N2CCCCCC2)cc1NS(=O)(=O)c1ccc(C)cc1C. The number of hydrogen-bond acceptors (Lipinski definition) is 5. The third kappa shape index (κ3) is 4.79. The minimum atomic E-state index is -3.92. The summed E-state index contributed by atoms with van der Waals surface area (Å²) in [6, 6.07) is 9.31. The van der Waals surface area contributed by atoms with Crippen molar-refractivity contribution in [1.82, 2.24) is 4.31 Å². The van der Waals surface area contributed by atoms with Crippen LogP contribution in [0.5, 0.6) is 5.75 Å². The summed E-state index contributed by atoms with van der Waals surface area (Å²) in [5.74, 6) is 0.248. The zero-order chi connectivity index (χ0) is 21.9. The highest BCUT2D eigenvalue weighted by molar-refractivity contribution is 7.92. The zero-order valence-electron chi connectivity index (χ0n) is 17.5. The van der Waals surface area contributed by atoms with E-state index in [1.807, 2.05) is 6.92 Å². The molecule has 1 aliphatic rings. The van der Waals surface area contributed by atoms with Crippen LogP contribution in [0.15, 0.2) is 46.2 Å². The topological polar surface area (TPSA) is 92.8 Å². The first kappa shape index (κ1) is 22.6. The Kier molecular flexibility index (Phi) is 6.74. The van der Waals surface area contributed by atoms with Gasteiger partial charge in [-0.05, 0) is 56.5 Å². The van der Waals surface area contributed by atoms with Crippen LogP contribution < -0.4 is 9.46 Å². The highest BCUT2D eigenvalue weighted by Gasteiger charge is 2.27. The van der Waals surface area contributed by atoms with Gasteiger partial charge in [0.1, 0.15) is 5.75 Å². The van der Waals surface area contributed by atoms with Crippen LogP contribution in [0.4, 0.5) is 5.69 Å². The van der Waals surface area contributed by atoms with Crippen molar-refractivity contribution in [3.8, 4) is 5.75 Å². The number of nitrogens with one attached hydrogen (secondary N) is 1. The summed E-state index contributed by atoms with van der Waals surface area (Å²) in [7, 11) is -6.24. The number of ether oxygens (including phenoxy) is 1. The number of anilines is 1. The van der Waals surface area contributed by atoms with E-state index in [9.17, 15) is 16.8 Å². The molecule has 1 N–H and O–H groups in total. The van der Waals surface area contributed by atoms with Gasteiger partial charge in [0.2, 0.25) is 10.0 Å². The molecule has 0 amide bonds. The Bertz CT molecular complexity index is 1120. The van der Waals surface area contributed by atoms with Gasteiger partial charge in [-0.15, -0.1) is 0 Å². The van der Waals surface area contributed by atoms with Crippen LogP contribution in [0, 0.1) is 13.8 Å². The fourth-order valence-electron chi connectivity index (χ4n) is 3.66. The lowest BCUT2D eigenvalue weighted by Gasteiger charge is -2.21. The number of sulfonamides is 2. The van der Waals surface area contributed by atoms with Crippen molar-refractivity contribution in [2.75, 3.05) is 24.9 Å². The molecule has 3 rings (SSSR count). The number of aryl methyl sites for hydroxylation is 2. The molecule has 0 radical (unpaired) electrons. The molecular weight excluding hydrogens is 424 g/mol. The van der Waals surface area contributed by atoms with Crippen LogP contribution in [-0.2, 0) is 20.0 Å². The lowest BCUT2D eigenvalue weighted by atomic mass is 10.2. The molecule has 1 saturated heterocycles. The molecule has 164 valence electrons. The molecule has 2 aromatic rings. The summed E-state index contributed by atoms with van der Waals surface area (Å²) in [6.45, 7) is 4.55. The molecule has 0 atom stereocenters. The maximum absolute atomic E-state index is 13.1. The van der Waals surface area contributed by atoms with Crippen LogP contribution in [-0.4, -0.2) is 41.3 Å². The molecule has 0 aliphatic carbocycles. The Balaban J connectivity index is 1.98. The lowest BCUT2D eigenvalue weighted by molar-refractivity contribution is 0.415.